The molecule has 3 rings (SSSR count). The first-order valence-corrected chi connectivity index (χ1v) is 6.61. The van der Waals surface area contributed by atoms with Crippen molar-refractivity contribution in [3.63, 3.8) is 0 Å². The van der Waals surface area contributed by atoms with Crippen molar-refractivity contribution in [1.82, 2.24) is 0 Å². The maximum atomic E-state index is 2.30. The van der Waals surface area contributed by atoms with Gasteiger partial charge in [-0.15, -0.1) is 0 Å². The molecule has 0 aromatic heterocycles. The lowest BCUT2D eigenvalue weighted by atomic mass is 9.82. The van der Waals surface area contributed by atoms with Crippen LogP contribution >= 0.6 is 11.8 Å². The highest BCUT2D eigenvalue weighted by molar-refractivity contribution is 8.00. The number of thioether (sulfide) groups is 1. The van der Waals surface area contributed by atoms with Gasteiger partial charge >= 0.3 is 0 Å². The Kier molecular flexibility index (Phi) is 1.89. The predicted molar refractivity (Wildman–Crippen MR) is 54.4 cm³/mol. The van der Waals surface area contributed by atoms with Gasteiger partial charge in [-0.25, -0.2) is 0 Å². The van der Waals surface area contributed by atoms with Crippen molar-refractivity contribution in [1.29, 1.82) is 0 Å². The van der Waals surface area contributed by atoms with E-state index in [1.54, 1.807) is 25.7 Å². The third kappa shape index (κ3) is 1.05. The van der Waals surface area contributed by atoms with Gasteiger partial charge < -0.3 is 0 Å². The highest BCUT2D eigenvalue weighted by Crippen LogP contribution is 2.54. The largest absolute Gasteiger partial charge is 0.158 e. The van der Waals surface area contributed by atoms with Gasteiger partial charge in [0.2, 0.25) is 0 Å². The first-order chi connectivity index (χ1) is 5.95. The molecule has 0 amide bonds. The Morgan fingerprint density at radius 3 is 2.83 bits per heavy atom. The molecule has 0 radical (unpaired) electrons. The number of hydrogen-bond donors (Lipinski definition) is 0. The molecular formula is C11H18S. The molecular weight excluding hydrogens is 164 g/mol. The summed E-state index contributed by atoms with van der Waals surface area (Å²) in [6.07, 6.45) is 9.35. The van der Waals surface area contributed by atoms with Gasteiger partial charge in [0.25, 0.3) is 0 Å². The summed E-state index contributed by atoms with van der Waals surface area (Å²) in [5.74, 6) is 4.92. The highest BCUT2D eigenvalue weighted by atomic mass is 32.2. The van der Waals surface area contributed by atoms with Crippen molar-refractivity contribution >= 4 is 11.8 Å². The molecule has 3 aliphatic rings. The summed E-state index contributed by atoms with van der Waals surface area (Å²) in [6, 6.07) is 0. The van der Waals surface area contributed by atoms with E-state index in [0.717, 1.165) is 23.0 Å². The number of hydrogen-bond acceptors (Lipinski definition) is 1. The molecule has 1 aliphatic heterocycles. The Bertz CT molecular complexity index is 178. The fraction of sp³-hybridized carbons (Fsp3) is 1.00. The lowest BCUT2D eigenvalue weighted by Crippen LogP contribution is -2.20. The van der Waals surface area contributed by atoms with Crippen molar-refractivity contribution in [2.45, 2.75) is 43.8 Å². The molecule has 4 unspecified atom stereocenters. The topological polar surface area (TPSA) is 0 Å². The van der Waals surface area contributed by atoms with Crippen molar-refractivity contribution in [3.05, 3.63) is 0 Å². The summed E-state index contributed by atoms with van der Waals surface area (Å²) >= 11 is 2.30. The molecule has 1 heteroatoms. The van der Waals surface area contributed by atoms with E-state index in [9.17, 15) is 0 Å². The molecule has 12 heavy (non-hydrogen) atoms. The monoisotopic (exact) mass is 182 g/mol. The zero-order chi connectivity index (χ0) is 7.97. The molecule has 4 atom stereocenters. The van der Waals surface area contributed by atoms with E-state index in [-0.39, 0.29) is 0 Å². The maximum absolute atomic E-state index is 2.30. The quantitative estimate of drug-likeness (QED) is 0.554. The summed E-state index contributed by atoms with van der Waals surface area (Å²) < 4.78 is 0. The first kappa shape index (κ1) is 7.73. The molecule has 1 saturated heterocycles. The number of rotatable bonds is 0. The molecule has 0 aromatic carbocycles. The molecule has 0 N–H and O–H groups in total. The highest BCUT2D eigenvalue weighted by Gasteiger charge is 2.46. The van der Waals surface area contributed by atoms with Crippen molar-refractivity contribution in [2.24, 2.45) is 17.8 Å². The van der Waals surface area contributed by atoms with Gasteiger partial charge in [-0.2, -0.15) is 11.8 Å². The fourth-order valence-electron chi connectivity index (χ4n) is 3.73. The Balaban J connectivity index is 1.79. The van der Waals surface area contributed by atoms with Gasteiger partial charge in [0.1, 0.15) is 0 Å². The van der Waals surface area contributed by atoms with Crippen LogP contribution in [0.1, 0.15) is 38.5 Å². The van der Waals surface area contributed by atoms with E-state index in [0.29, 0.717) is 0 Å². The second-order valence-corrected chi connectivity index (χ2v) is 6.11. The van der Waals surface area contributed by atoms with Gasteiger partial charge in [-0.1, -0.05) is 19.3 Å². The zero-order valence-electron chi connectivity index (χ0n) is 7.67. The third-order valence-electron chi connectivity index (χ3n) is 4.26. The molecule has 0 spiro atoms. The first-order valence-electron chi connectivity index (χ1n) is 5.57. The minimum absolute atomic E-state index is 1.11. The van der Waals surface area contributed by atoms with Gasteiger partial charge in [0.15, 0.2) is 0 Å². The summed E-state index contributed by atoms with van der Waals surface area (Å²) in [6.45, 7) is 0. The maximum Gasteiger partial charge on any atom is 0.0107 e. The SMILES string of the molecule is C1CCC2C(C1)CC1CCSC12. The lowest BCUT2D eigenvalue weighted by molar-refractivity contribution is 0.280. The zero-order valence-corrected chi connectivity index (χ0v) is 8.48. The van der Waals surface area contributed by atoms with Crippen molar-refractivity contribution in [2.75, 3.05) is 5.75 Å². The molecule has 0 bridgehead atoms. The fourth-order valence-corrected chi connectivity index (χ4v) is 5.57. The van der Waals surface area contributed by atoms with E-state index in [1.807, 2.05) is 0 Å². The van der Waals surface area contributed by atoms with Crippen LogP contribution in [0.25, 0.3) is 0 Å². The molecule has 2 saturated carbocycles. The van der Waals surface area contributed by atoms with E-state index in [2.05, 4.69) is 11.8 Å². The van der Waals surface area contributed by atoms with Crippen LogP contribution < -0.4 is 0 Å². The predicted octanol–water partition coefficient (Wildman–Crippen LogP) is 3.32. The van der Waals surface area contributed by atoms with Crippen molar-refractivity contribution in [3.8, 4) is 0 Å². The second-order valence-electron chi connectivity index (χ2n) is 4.83. The third-order valence-corrected chi connectivity index (χ3v) is 5.85. The lowest BCUT2D eigenvalue weighted by Gasteiger charge is -2.28. The van der Waals surface area contributed by atoms with Crippen LogP contribution in [0.2, 0.25) is 0 Å². The van der Waals surface area contributed by atoms with E-state index in [1.165, 1.54) is 18.6 Å². The average molecular weight is 182 g/mol. The van der Waals surface area contributed by atoms with E-state index >= 15 is 0 Å². The van der Waals surface area contributed by atoms with E-state index < -0.39 is 0 Å². The summed E-state index contributed by atoms with van der Waals surface area (Å²) in [4.78, 5) is 0. The summed E-state index contributed by atoms with van der Waals surface area (Å²) in [7, 11) is 0. The molecule has 0 aromatic rings. The van der Waals surface area contributed by atoms with Crippen LogP contribution in [-0.2, 0) is 0 Å². The van der Waals surface area contributed by atoms with Crippen LogP contribution in [0.15, 0.2) is 0 Å². The Labute approximate surface area is 79.5 Å². The van der Waals surface area contributed by atoms with Crippen LogP contribution in [0, 0.1) is 17.8 Å². The second kappa shape index (κ2) is 2.94. The van der Waals surface area contributed by atoms with Gasteiger partial charge in [-0.3, -0.25) is 0 Å². The molecule has 3 fully saturated rings. The molecule has 1 heterocycles. The average Bonchev–Trinajstić information content (AvgIpc) is 2.62. The number of fused-ring (bicyclic) bond motifs is 3. The van der Waals surface area contributed by atoms with E-state index in [4.69, 9.17) is 0 Å². The minimum atomic E-state index is 1.11. The Morgan fingerprint density at radius 1 is 0.917 bits per heavy atom. The van der Waals surface area contributed by atoms with Crippen LogP contribution in [0.4, 0.5) is 0 Å². The summed E-state index contributed by atoms with van der Waals surface area (Å²) in [5, 5.41) is 1.11. The molecule has 0 nitrogen and oxygen atoms in total. The minimum Gasteiger partial charge on any atom is -0.158 e. The van der Waals surface area contributed by atoms with Gasteiger partial charge in [0, 0.05) is 5.25 Å². The Hall–Kier alpha value is 0.350. The van der Waals surface area contributed by atoms with Gasteiger partial charge in [0.05, 0.1) is 0 Å². The normalized spacial score (nSPS) is 52.0. The van der Waals surface area contributed by atoms with Gasteiger partial charge in [-0.05, 0) is 42.8 Å². The molecule has 2 aliphatic carbocycles. The van der Waals surface area contributed by atoms with Crippen LogP contribution in [0.3, 0.4) is 0 Å². The van der Waals surface area contributed by atoms with Crippen LogP contribution in [0.5, 0.6) is 0 Å². The molecule has 68 valence electrons. The van der Waals surface area contributed by atoms with Crippen molar-refractivity contribution < 1.29 is 0 Å². The smallest absolute Gasteiger partial charge is 0.0107 e. The van der Waals surface area contributed by atoms with Crippen LogP contribution in [-0.4, -0.2) is 11.0 Å². The Morgan fingerprint density at radius 2 is 1.83 bits per heavy atom. The summed E-state index contributed by atoms with van der Waals surface area (Å²) in [5.41, 5.74) is 0. The standard InChI is InChI=1S/C11H18S/c1-2-4-10-8(3-1)7-9-5-6-12-11(9)10/h8-11H,1-7H2.